The average molecular weight is 236 g/mol. The molecule has 0 atom stereocenters. The fourth-order valence-corrected chi connectivity index (χ4v) is 1.88. The van der Waals surface area contributed by atoms with Gasteiger partial charge in [-0.1, -0.05) is 0 Å². The van der Waals surface area contributed by atoms with E-state index in [2.05, 4.69) is 10.3 Å². The van der Waals surface area contributed by atoms with Gasteiger partial charge in [0.2, 0.25) is 0 Å². The number of hydrogen-bond donors (Lipinski definition) is 1. The van der Waals surface area contributed by atoms with E-state index in [1.165, 1.54) is 6.07 Å². The third-order valence-electron chi connectivity index (χ3n) is 2.87. The maximum atomic E-state index is 13.3. The lowest BCUT2D eigenvalue weighted by Gasteiger charge is -2.13. The lowest BCUT2D eigenvalue weighted by atomic mass is 10.1. The highest BCUT2D eigenvalue weighted by Gasteiger charge is 2.12. The Balaban J connectivity index is 2.83. The van der Waals surface area contributed by atoms with E-state index < -0.39 is 11.6 Å². The van der Waals surface area contributed by atoms with Crippen molar-refractivity contribution in [3.63, 3.8) is 0 Å². The van der Waals surface area contributed by atoms with Crippen molar-refractivity contribution in [1.29, 1.82) is 0 Å². The van der Waals surface area contributed by atoms with Crippen LogP contribution in [0.4, 0.5) is 14.5 Å². The second-order valence-corrected chi connectivity index (χ2v) is 4.01. The van der Waals surface area contributed by atoms with Gasteiger partial charge in [-0.25, -0.2) is 8.78 Å². The summed E-state index contributed by atoms with van der Waals surface area (Å²) in [4.78, 5) is 4.27. The zero-order valence-electron chi connectivity index (χ0n) is 10.1. The molecule has 0 fully saturated rings. The first-order valence-electron chi connectivity index (χ1n) is 5.54. The molecular weight excluding hydrogens is 222 g/mol. The molecule has 2 nitrogen and oxygen atoms in total. The van der Waals surface area contributed by atoms with Crippen LogP contribution >= 0.6 is 0 Å². The van der Waals surface area contributed by atoms with E-state index in [1.54, 1.807) is 0 Å². The average Bonchev–Trinajstić information content (AvgIpc) is 2.28. The minimum absolute atomic E-state index is 0.475. The maximum Gasteiger partial charge on any atom is 0.161 e. The Hall–Kier alpha value is -1.71. The van der Waals surface area contributed by atoms with Crippen molar-refractivity contribution < 1.29 is 8.78 Å². The van der Waals surface area contributed by atoms with Crippen LogP contribution in [0.1, 0.15) is 18.2 Å². The molecule has 17 heavy (non-hydrogen) atoms. The normalized spacial score (nSPS) is 10.9. The summed E-state index contributed by atoms with van der Waals surface area (Å²) >= 11 is 0. The van der Waals surface area contributed by atoms with Gasteiger partial charge >= 0.3 is 0 Å². The first-order chi connectivity index (χ1) is 8.04. The number of fused-ring (bicyclic) bond motifs is 1. The Morgan fingerprint density at radius 3 is 2.47 bits per heavy atom. The van der Waals surface area contributed by atoms with Crippen LogP contribution in [0.25, 0.3) is 10.9 Å². The number of pyridine rings is 1. The molecule has 0 spiro atoms. The van der Waals surface area contributed by atoms with Crippen LogP contribution in [0.2, 0.25) is 0 Å². The van der Waals surface area contributed by atoms with Gasteiger partial charge in [-0.05, 0) is 32.4 Å². The highest BCUT2D eigenvalue weighted by Crippen LogP contribution is 2.29. The zero-order chi connectivity index (χ0) is 12.6. The molecule has 1 aromatic heterocycles. The van der Waals surface area contributed by atoms with E-state index in [1.807, 2.05) is 20.8 Å². The summed E-state index contributed by atoms with van der Waals surface area (Å²) in [6.45, 7) is 6.46. The molecule has 2 aromatic rings. The predicted octanol–water partition coefficient (Wildman–Crippen LogP) is 3.56. The maximum absolute atomic E-state index is 13.3. The lowest BCUT2D eigenvalue weighted by molar-refractivity contribution is 0.510. The van der Waals surface area contributed by atoms with Crippen molar-refractivity contribution in [3.05, 3.63) is 35.0 Å². The van der Waals surface area contributed by atoms with Gasteiger partial charge in [0.05, 0.1) is 5.52 Å². The van der Waals surface area contributed by atoms with Crippen LogP contribution in [0, 0.1) is 25.5 Å². The fourth-order valence-electron chi connectivity index (χ4n) is 1.88. The highest BCUT2D eigenvalue weighted by molar-refractivity contribution is 5.93. The summed E-state index contributed by atoms with van der Waals surface area (Å²) < 4.78 is 26.4. The molecule has 90 valence electrons. The third-order valence-corrected chi connectivity index (χ3v) is 2.87. The summed E-state index contributed by atoms with van der Waals surface area (Å²) in [5, 5.41) is 3.80. The molecule has 0 aliphatic carbocycles. The van der Waals surface area contributed by atoms with Gasteiger partial charge in [0, 0.05) is 29.4 Å². The SMILES string of the molecule is CCNc1c(C)c(C)nc2cc(F)c(F)cc12. The summed E-state index contributed by atoms with van der Waals surface area (Å²) in [5.41, 5.74) is 3.08. The summed E-state index contributed by atoms with van der Waals surface area (Å²) in [6, 6.07) is 2.33. The van der Waals surface area contributed by atoms with Crippen molar-refractivity contribution in [1.82, 2.24) is 4.98 Å². The van der Waals surface area contributed by atoms with Crippen molar-refractivity contribution in [2.45, 2.75) is 20.8 Å². The largest absolute Gasteiger partial charge is 0.385 e. The highest BCUT2D eigenvalue weighted by atomic mass is 19.2. The minimum atomic E-state index is -0.865. The summed E-state index contributed by atoms with van der Waals surface area (Å²) in [6.07, 6.45) is 0. The fraction of sp³-hybridized carbons (Fsp3) is 0.308. The van der Waals surface area contributed by atoms with E-state index in [9.17, 15) is 8.78 Å². The number of hydrogen-bond acceptors (Lipinski definition) is 2. The van der Waals surface area contributed by atoms with Crippen LogP contribution in [0.15, 0.2) is 12.1 Å². The van der Waals surface area contributed by atoms with Gasteiger partial charge in [-0.2, -0.15) is 0 Å². The van der Waals surface area contributed by atoms with E-state index in [0.29, 0.717) is 10.9 Å². The van der Waals surface area contributed by atoms with E-state index in [-0.39, 0.29) is 0 Å². The third kappa shape index (κ3) is 1.95. The molecular formula is C13H14F2N2. The molecule has 1 heterocycles. The first kappa shape index (κ1) is 11.8. The number of nitrogens with one attached hydrogen (secondary N) is 1. The van der Waals surface area contributed by atoms with Gasteiger partial charge in [0.1, 0.15) is 0 Å². The van der Waals surface area contributed by atoms with E-state index in [0.717, 1.165) is 29.6 Å². The first-order valence-corrected chi connectivity index (χ1v) is 5.54. The molecule has 0 unspecified atom stereocenters. The Morgan fingerprint density at radius 2 is 1.82 bits per heavy atom. The number of nitrogens with zero attached hydrogens (tertiary/aromatic N) is 1. The van der Waals surface area contributed by atoms with Crippen molar-refractivity contribution in [3.8, 4) is 0 Å². The Bertz CT molecular complexity index is 574. The molecule has 0 saturated carbocycles. The van der Waals surface area contributed by atoms with Gasteiger partial charge in [-0.15, -0.1) is 0 Å². The smallest absolute Gasteiger partial charge is 0.161 e. The number of aromatic nitrogens is 1. The summed E-state index contributed by atoms with van der Waals surface area (Å²) in [7, 11) is 0. The van der Waals surface area contributed by atoms with Gasteiger partial charge in [0.15, 0.2) is 11.6 Å². The minimum Gasteiger partial charge on any atom is -0.385 e. The van der Waals surface area contributed by atoms with Crippen molar-refractivity contribution >= 4 is 16.6 Å². The molecule has 1 aromatic carbocycles. The molecule has 0 amide bonds. The number of anilines is 1. The van der Waals surface area contributed by atoms with Crippen LogP contribution < -0.4 is 5.32 Å². The molecule has 4 heteroatoms. The topological polar surface area (TPSA) is 24.9 Å². The van der Waals surface area contributed by atoms with Crippen LogP contribution in [-0.4, -0.2) is 11.5 Å². The van der Waals surface area contributed by atoms with E-state index in [4.69, 9.17) is 0 Å². The molecule has 0 aliphatic rings. The monoisotopic (exact) mass is 236 g/mol. The Morgan fingerprint density at radius 1 is 1.18 bits per heavy atom. The molecule has 1 N–H and O–H groups in total. The van der Waals surface area contributed by atoms with Crippen molar-refractivity contribution in [2.24, 2.45) is 0 Å². The summed E-state index contributed by atoms with van der Waals surface area (Å²) in [5.74, 6) is -1.71. The molecule has 2 rings (SSSR count). The van der Waals surface area contributed by atoms with Crippen molar-refractivity contribution in [2.75, 3.05) is 11.9 Å². The lowest BCUT2D eigenvalue weighted by Crippen LogP contribution is -2.03. The van der Waals surface area contributed by atoms with Crippen LogP contribution in [0.3, 0.4) is 0 Å². The molecule has 0 radical (unpaired) electrons. The molecule has 0 saturated heterocycles. The van der Waals surface area contributed by atoms with Crippen LogP contribution in [-0.2, 0) is 0 Å². The Kier molecular flexibility index (Phi) is 2.96. The van der Waals surface area contributed by atoms with Gasteiger partial charge < -0.3 is 5.32 Å². The predicted molar refractivity (Wildman–Crippen MR) is 65.3 cm³/mol. The van der Waals surface area contributed by atoms with Crippen LogP contribution in [0.5, 0.6) is 0 Å². The van der Waals surface area contributed by atoms with E-state index >= 15 is 0 Å². The van der Waals surface area contributed by atoms with Gasteiger partial charge in [0.25, 0.3) is 0 Å². The second kappa shape index (κ2) is 4.28. The molecule has 0 bridgehead atoms. The Labute approximate surface area is 98.7 Å². The van der Waals surface area contributed by atoms with Gasteiger partial charge in [-0.3, -0.25) is 4.98 Å². The standard InChI is InChI=1S/C13H14F2N2/c1-4-16-13-7(2)8(3)17-12-6-11(15)10(14)5-9(12)13/h5-6H,4H2,1-3H3,(H,16,17). The number of halogens is 2. The zero-order valence-corrected chi connectivity index (χ0v) is 10.1. The molecule has 0 aliphatic heterocycles. The second-order valence-electron chi connectivity index (χ2n) is 4.01. The number of rotatable bonds is 2. The number of benzene rings is 1. The number of aryl methyl sites for hydroxylation is 1. The quantitative estimate of drug-likeness (QED) is 0.862.